The third-order valence-corrected chi connectivity index (χ3v) is 4.05. The fourth-order valence-electron chi connectivity index (χ4n) is 2.69. The number of hydrogen-bond acceptors (Lipinski definition) is 3. The molecule has 0 radical (unpaired) electrons. The Bertz CT molecular complexity index is 598. The highest BCUT2D eigenvalue weighted by molar-refractivity contribution is 5.44. The molecule has 0 aliphatic carbocycles. The zero-order chi connectivity index (χ0) is 15.2. The van der Waals surface area contributed by atoms with E-state index < -0.39 is 0 Å². The lowest BCUT2D eigenvalue weighted by atomic mass is 10.1. The first kappa shape index (κ1) is 14.9. The molecule has 116 valence electrons. The van der Waals surface area contributed by atoms with E-state index in [4.69, 9.17) is 9.47 Å². The fourth-order valence-corrected chi connectivity index (χ4v) is 2.69. The van der Waals surface area contributed by atoms with Crippen LogP contribution in [0.25, 0.3) is 0 Å². The van der Waals surface area contributed by atoms with E-state index in [1.807, 2.05) is 6.07 Å². The van der Waals surface area contributed by atoms with Gasteiger partial charge in [-0.05, 0) is 56.0 Å². The Morgan fingerprint density at radius 2 is 1.77 bits per heavy atom. The standard InChI is InChI=1S/C19H23NO2/c1-15(20-12-11-16-5-3-2-4-6-16)7-8-17-9-10-18-19(13-17)22-14-21-18/h2-6,9-10,13,15,20H,7-8,11-12,14H2,1H3. The van der Waals surface area contributed by atoms with Crippen LogP contribution in [0.5, 0.6) is 11.5 Å². The maximum absolute atomic E-state index is 5.42. The smallest absolute Gasteiger partial charge is 0.231 e. The highest BCUT2D eigenvalue weighted by atomic mass is 16.7. The van der Waals surface area contributed by atoms with Crippen molar-refractivity contribution < 1.29 is 9.47 Å². The summed E-state index contributed by atoms with van der Waals surface area (Å²) in [7, 11) is 0. The van der Waals surface area contributed by atoms with Crippen molar-refractivity contribution >= 4 is 0 Å². The molecule has 22 heavy (non-hydrogen) atoms. The average Bonchev–Trinajstić information content (AvgIpc) is 3.01. The lowest BCUT2D eigenvalue weighted by Crippen LogP contribution is -2.28. The number of rotatable bonds is 7. The van der Waals surface area contributed by atoms with Crippen molar-refractivity contribution in [2.45, 2.75) is 32.2 Å². The van der Waals surface area contributed by atoms with Gasteiger partial charge in [-0.3, -0.25) is 0 Å². The van der Waals surface area contributed by atoms with Crippen LogP contribution >= 0.6 is 0 Å². The van der Waals surface area contributed by atoms with Gasteiger partial charge in [-0.2, -0.15) is 0 Å². The summed E-state index contributed by atoms with van der Waals surface area (Å²) in [6.07, 6.45) is 3.25. The predicted molar refractivity (Wildman–Crippen MR) is 88.5 cm³/mol. The molecule has 1 atom stereocenters. The molecular weight excluding hydrogens is 274 g/mol. The van der Waals surface area contributed by atoms with E-state index in [0.29, 0.717) is 12.8 Å². The van der Waals surface area contributed by atoms with Gasteiger partial charge in [-0.15, -0.1) is 0 Å². The molecule has 2 aromatic carbocycles. The third kappa shape index (κ3) is 4.01. The van der Waals surface area contributed by atoms with Gasteiger partial charge in [-0.1, -0.05) is 36.4 Å². The molecule has 2 aromatic rings. The maximum Gasteiger partial charge on any atom is 0.231 e. The van der Waals surface area contributed by atoms with Crippen LogP contribution in [0.2, 0.25) is 0 Å². The molecular formula is C19H23NO2. The van der Waals surface area contributed by atoms with Gasteiger partial charge in [0.1, 0.15) is 0 Å². The minimum absolute atomic E-state index is 0.343. The minimum Gasteiger partial charge on any atom is -0.454 e. The fraction of sp³-hybridized carbons (Fsp3) is 0.368. The van der Waals surface area contributed by atoms with Crippen LogP contribution in [0.1, 0.15) is 24.5 Å². The first-order valence-corrected chi connectivity index (χ1v) is 7.97. The Morgan fingerprint density at radius 1 is 0.955 bits per heavy atom. The van der Waals surface area contributed by atoms with Crippen LogP contribution in [0, 0.1) is 0 Å². The van der Waals surface area contributed by atoms with Crippen molar-refractivity contribution in [3.05, 3.63) is 59.7 Å². The van der Waals surface area contributed by atoms with E-state index >= 15 is 0 Å². The van der Waals surface area contributed by atoms with Gasteiger partial charge in [0.2, 0.25) is 6.79 Å². The molecule has 3 nitrogen and oxygen atoms in total. The van der Waals surface area contributed by atoms with Crippen molar-refractivity contribution in [3.8, 4) is 11.5 Å². The Balaban J connectivity index is 1.40. The molecule has 0 aromatic heterocycles. The lowest BCUT2D eigenvalue weighted by molar-refractivity contribution is 0.174. The van der Waals surface area contributed by atoms with Gasteiger partial charge in [0.05, 0.1) is 0 Å². The molecule has 3 rings (SSSR count). The minimum atomic E-state index is 0.343. The van der Waals surface area contributed by atoms with Crippen molar-refractivity contribution in [3.63, 3.8) is 0 Å². The van der Waals surface area contributed by atoms with Crippen LogP contribution in [0.4, 0.5) is 0 Å². The van der Waals surface area contributed by atoms with Crippen LogP contribution in [0.3, 0.4) is 0 Å². The Labute approximate surface area is 132 Å². The van der Waals surface area contributed by atoms with Gasteiger partial charge in [0, 0.05) is 6.04 Å². The summed E-state index contributed by atoms with van der Waals surface area (Å²) >= 11 is 0. The van der Waals surface area contributed by atoms with Crippen molar-refractivity contribution in [1.82, 2.24) is 5.32 Å². The third-order valence-electron chi connectivity index (χ3n) is 4.05. The van der Waals surface area contributed by atoms with Crippen molar-refractivity contribution in [2.75, 3.05) is 13.3 Å². The van der Waals surface area contributed by atoms with E-state index in [-0.39, 0.29) is 0 Å². The maximum atomic E-state index is 5.42. The largest absolute Gasteiger partial charge is 0.454 e. The second kappa shape index (κ2) is 7.32. The van der Waals surface area contributed by atoms with Crippen molar-refractivity contribution in [1.29, 1.82) is 0 Å². The summed E-state index contributed by atoms with van der Waals surface area (Å²) in [5.41, 5.74) is 2.69. The molecule has 0 saturated heterocycles. The van der Waals surface area contributed by atoms with E-state index in [0.717, 1.165) is 37.3 Å². The lowest BCUT2D eigenvalue weighted by Gasteiger charge is -2.14. The van der Waals surface area contributed by atoms with Gasteiger partial charge in [0.25, 0.3) is 0 Å². The molecule has 0 spiro atoms. The number of fused-ring (bicyclic) bond motifs is 1. The summed E-state index contributed by atoms with van der Waals surface area (Å²) in [4.78, 5) is 0. The summed E-state index contributed by atoms with van der Waals surface area (Å²) in [6, 6.07) is 17.3. The second-order valence-electron chi connectivity index (χ2n) is 5.82. The number of ether oxygens (including phenoxy) is 2. The van der Waals surface area contributed by atoms with Crippen LogP contribution in [-0.4, -0.2) is 19.4 Å². The SMILES string of the molecule is CC(CCc1ccc2c(c1)OCO2)NCCc1ccccc1. The van der Waals surface area contributed by atoms with Gasteiger partial charge in [0.15, 0.2) is 11.5 Å². The molecule has 0 saturated carbocycles. The van der Waals surface area contributed by atoms with E-state index in [2.05, 4.69) is 54.7 Å². The van der Waals surface area contributed by atoms with Crippen molar-refractivity contribution in [2.24, 2.45) is 0 Å². The van der Waals surface area contributed by atoms with Crippen LogP contribution in [-0.2, 0) is 12.8 Å². The van der Waals surface area contributed by atoms with Gasteiger partial charge in [-0.25, -0.2) is 0 Å². The number of benzene rings is 2. The summed E-state index contributed by atoms with van der Waals surface area (Å²) in [5, 5.41) is 3.60. The topological polar surface area (TPSA) is 30.5 Å². The molecule has 3 heteroatoms. The molecule has 1 N–H and O–H groups in total. The van der Waals surface area contributed by atoms with E-state index in [1.54, 1.807) is 0 Å². The van der Waals surface area contributed by atoms with Crippen LogP contribution < -0.4 is 14.8 Å². The van der Waals surface area contributed by atoms with Gasteiger partial charge < -0.3 is 14.8 Å². The Hall–Kier alpha value is -2.00. The highest BCUT2D eigenvalue weighted by Crippen LogP contribution is 2.32. The zero-order valence-electron chi connectivity index (χ0n) is 13.0. The number of nitrogens with one attached hydrogen (secondary N) is 1. The Morgan fingerprint density at radius 3 is 2.64 bits per heavy atom. The predicted octanol–water partition coefficient (Wildman–Crippen LogP) is 3.57. The average molecular weight is 297 g/mol. The van der Waals surface area contributed by atoms with E-state index in [9.17, 15) is 0 Å². The zero-order valence-corrected chi connectivity index (χ0v) is 13.0. The molecule has 1 aliphatic heterocycles. The highest BCUT2D eigenvalue weighted by Gasteiger charge is 2.13. The molecule has 1 unspecified atom stereocenters. The van der Waals surface area contributed by atoms with E-state index in [1.165, 1.54) is 11.1 Å². The normalized spacial score (nSPS) is 14.0. The quantitative estimate of drug-likeness (QED) is 0.847. The Kier molecular flexibility index (Phi) is 4.96. The molecule has 0 bridgehead atoms. The second-order valence-corrected chi connectivity index (χ2v) is 5.82. The molecule has 1 heterocycles. The molecule has 0 fully saturated rings. The summed E-state index contributed by atoms with van der Waals surface area (Å²) in [5.74, 6) is 1.74. The summed E-state index contributed by atoms with van der Waals surface area (Å²) < 4.78 is 10.8. The van der Waals surface area contributed by atoms with Gasteiger partial charge >= 0.3 is 0 Å². The van der Waals surface area contributed by atoms with Crippen LogP contribution in [0.15, 0.2) is 48.5 Å². The molecule has 0 amide bonds. The number of aryl methyl sites for hydroxylation is 1. The first-order chi connectivity index (χ1) is 10.8. The monoisotopic (exact) mass is 297 g/mol. The first-order valence-electron chi connectivity index (χ1n) is 7.97. The molecule has 1 aliphatic rings. The summed E-state index contributed by atoms with van der Waals surface area (Å²) in [6.45, 7) is 3.61. The number of hydrogen-bond donors (Lipinski definition) is 1.